The van der Waals surface area contributed by atoms with E-state index in [-0.39, 0.29) is 29.4 Å². The molecule has 30 heavy (non-hydrogen) atoms. The number of nitrogens with zero attached hydrogens (tertiary/aromatic N) is 1. The average molecular weight is 552 g/mol. The van der Waals surface area contributed by atoms with Gasteiger partial charge in [0.15, 0.2) is 15.8 Å². The van der Waals surface area contributed by atoms with Crippen molar-refractivity contribution in [1.82, 2.24) is 10.6 Å². The third-order valence-corrected chi connectivity index (χ3v) is 8.52. The van der Waals surface area contributed by atoms with Gasteiger partial charge in [0.2, 0.25) is 0 Å². The molecule has 1 fully saturated rings. The number of guanidine groups is 1. The highest BCUT2D eigenvalue weighted by Crippen LogP contribution is 2.32. The Balaban J connectivity index is 0.00000450. The van der Waals surface area contributed by atoms with E-state index in [0.717, 1.165) is 19.4 Å². The summed E-state index contributed by atoms with van der Waals surface area (Å²) in [6.45, 7) is 9.09. The summed E-state index contributed by atoms with van der Waals surface area (Å²) in [5, 5.41) is 6.59. The number of hydrogen-bond acceptors (Lipinski definition) is 4. The van der Waals surface area contributed by atoms with Gasteiger partial charge in [-0.1, -0.05) is 44.2 Å². The number of benzene rings is 1. The van der Waals surface area contributed by atoms with E-state index in [9.17, 15) is 8.42 Å². The van der Waals surface area contributed by atoms with Gasteiger partial charge in [-0.25, -0.2) is 8.42 Å². The van der Waals surface area contributed by atoms with Gasteiger partial charge < -0.3 is 15.4 Å². The molecule has 1 aromatic carbocycles. The van der Waals surface area contributed by atoms with Crippen molar-refractivity contribution in [2.45, 2.75) is 56.6 Å². The van der Waals surface area contributed by atoms with Gasteiger partial charge in [0.05, 0.1) is 11.3 Å². The van der Waals surface area contributed by atoms with Crippen molar-refractivity contribution in [3.63, 3.8) is 0 Å². The Morgan fingerprint density at radius 3 is 2.20 bits per heavy atom. The van der Waals surface area contributed by atoms with E-state index in [0.29, 0.717) is 45.1 Å². The second-order valence-electron chi connectivity index (χ2n) is 7.97. The third-order valence-electron chi connectivity index (χ3n) is 6.39. The standard InChI is InChI=1S/C22H37N3O3S.HI/c1-5-21(6-2,19-11-9-8-10-12-19)17-24-20(23-7-3)25-18-22(29(4,26)27)13-15-28-16-14-22;/h8-12H,5-7,13-18H2,1-4H3,(H2,23,24,25);1H. The summed E-state index contributed by atoms with van der Waals surface area (Å²) in [5.74, 6) is 0.671. The van der Waals surface area contributed by atoms with Crippen LogP contribution in [0, 0.1) is 0 Å². The molecule has 1 heterocycles. The fraction of sp³-hybridized carbons (Fsp3) is 0.682. The second-order valence-corrected chi connectivity index (χ2v) is 10.4. The van der Waals surface area contributed by atoms with Crippen LogP contribution in [0.15, 0.2) is 35.3 Å². The first-order valence-electron chi connectivity index (χ1n) is 10.7. The number of nitrogens with one attached hydrogen (secondary N) is 2. The average Bonchev–Trinajstić information content (AvgIpc) is 2.73. The lowest BCUT2D eigenvalue weighted by Crippen LogP contribution is -2.53. The highest BCUT2D eigenvalue weighted by atomic mass is 127. The highest BCUT2D eigenvalue weighted by molar-refractivity contribution is 14.0. The summed E-state index contributed by atoms with van der Waals surface area (Å²) in [6, 6.07) is 10.5. The predicted octanol–water partition coefficient (Wildman–Crippen LogP) is 3.51. The zero-order chi connectivity index (χ0) is 21.4. The lowest BCUT2D eigenvalue weighted by molar-refractivity contribution is 0.0756. The molecule has 0 atom stereocenters. The quantitative estimate of drug-likeness (QED) is 0.279. The predicted molar refractivity (Wildman–Crippen MR) is 136 cm³/mol. The minimum atomic E-state index is -3.22. The molecule has 6 nitrogen and oxygen atoms in total. The van der Waals surface area contributed by atoms with Gasteiger partial charge in [-0.05, 0) is 38.2 Å². The Morgan fingerprint density at radius 1 is 1.10 bits per heavy atom. The molecule has 1 aliphatic rings. The summed E-state index contributed by atoms with van der Waals surface area (Å²) in [5.41, 5.74) is 1.26. The van der Waals surface area contributed by atoms with Crippen LogP contribution in [0.1, 0.15) is 52.0 Å². The number of sulfone groups is 1. The van der Waals surface area contributed by atoms with Gasteiger partial charge in [-0.2, -0.15) is 0 Å². The van der Waals surface area contributed by atoms with E-state index < -0.39 is 14.6 Å². The van der Waals surface area contributed by atoms with E-state index in [4.69, 9.17) is 9.73 Å². The SMILES string of the molecule is CCNC(=NCC(CC)(CC)c1ccccc1)NCC1(S(C)(=O)=O)CCOCC1.I. The van der Waals surface area contributed by atoms with Gasteiger partial charge in [-0.15, -0.1) is 24.0 Å². The lowest BCUT2D eigenvalue weighted by Gasteiger charge is -2.36. The minimum Gasteiger partial charge on any atom is -0.381 e. The molecule has 0 radical (unpaired) electrons. The molecule has 1 saturated heterocycles. The van der Waals surface area contributed by atoms with Crippen molar-refractivity contribution >= 4 is 39.8 Å². The van der Waals surface area contributed by atoms with Gasteiger partial charge in [0.25, 0.3) is 0 Å². The lowest BCUT2D eigenvalue weighted by atomic mass is 9.76. The normalized spacial score (nSPS) is 17.1. The molecule has 0 aliphatic carbocycles. The molecule has 2 N–H and O–H groups in total. The van der Waals surface area contributed by atoms with Crippen molar-refractivity contribution in [2.24, 2.45) is 4.99 Å². The Bertz CT molecular complexity index is 759. The summed E-state index contributed by atoms with van der Waals surface area (Å²) in [6.07, 6.45) is 4.33. The maximum absolute atomic E-state index is 12.5. The molecule has 8 heteroatoms. The van der Waals surface area contributed by atoms with E-state index in [2.05, 4.69) is 48.7 Å². The Kier molecular flexibility index (Phi) is 11.1. The van der Waals surface area contributed by atoms with Crippen molar-refractivity contribution in [3.05, 3.63) is 35.9 Å². The molecule has 0 amide bonds. The first-order valence-corrected chi connectivity index (χ1v) is 12.6. The van der Waals surface area contributed by atoms with Crippen LogP contribution in [0.25, 0.3) is 0 Å². The zero-order valence-electron chi connectivity index (χ0n) is 18.7. The van der Waals surface area contributed by atoms with Crippen LogP contribution in [0.2, 0.25) is 0 Å². The Hall–Kier alpha value is -0.870. The van der Waals surface area contributed by atoms with Crippen LogP contribution in [-0.2, 0) is 20.0 Å². The van der Waals surface area contributed by atoms with Crippen molar-refractivity contribution in [1.29, 1.82) is 0 Å². The molecule has 172 valence electrons. The smallest absolute Gasteiger partial charge is 0.191 e. The molecule has 2 rings (SSSR count). The molecular formula is C22H38IN3O3S. The summed E-state index contributed by atoms with van der Waals surface area (Å²) in [7, 11) is -3.22. The van der Waals surface area contributed by atoms with Crippen LogP contribution in [0.5, 0.6) is 0 Å². The first kappa shape index (κ1) is 27.2. The number of ether oxygens (including phenoxy) is 1. The van der Waals surface area contributed by atoms with Crippen LogP contribution < -0.4 is 10.6 Å². The zero-order valence-corrected chi connectivity index (χ0v) is 21.9. The molecule has 0 unspecified atom stereocenters. The Morgan fingerprint density at radius 2 is 1.70 bits per heavy atom. The summed E-state index contributed by atoms with van der Waals surface area (Å²) >= 11 is 0. The number of rotatable bonds is 9. The summed E-state index contributed by atoms with van der Waals surface area (Å²) in [4.78, 5) is 4.87. The van der Waals surface area contributed by atoms with Gasteiger partial charge in [0, 0.05) is 38.0 Å². The van der Waals surface area contributed by atoms with Crippen molar-refractivity contribution in [2.75, 3.05) is 39.1 Å². The van der Waals surface area contributed by atoms with Gasteiger partial charge in [-0.3, -0.25) is 4.99 Å². The molecule has 0 bridgehead atoms. The monoisotopic (exact) mass is 551 g/mol. The van der Waals surface area contributed by atoms with E-state index in [1.807, 2.05) is 13.0 Å². The van der Waals surface area contributed by atoms with Crippen molar-refractivity contribution in [3.8, 4) is 0 Å². The molecular weight excluding hydrogens is 513 g/mol. The molecule has 1 aromatic rings. The number of halogens is 1. The molecule has 0 saturated carbocycles. The fourth-order valence-corrected chi connectivity index (χ4v) is 5.25. The van der Waals surface area contributed by atoms with E-state index in [1.165, 1.54) is 11.8 Å². The highest BCUT2D eigenvalue weighted by Gasteiger charge is 2.42. The van der Waals surface area contributed by atoms with Gasteiger partial charge >= 0.3 is 0 Å². The van der Waals surface area contributed by atoms with Crippen LogP contribution in [0.3, 0.4) is 0 Å². The van der Waals surface area contributed by atoms with Crippen molar-refractivity contribution < 1.29 is 13.2 Å². The minimum absolute atomic E-state index is 0. The van der Waals surface area contributed by atoms with Crippen LogP contribution in [-0.4, -0.2) is 58.2 Å². The van der Waals surface area contributed by atoms with Crippen LogP contribution >= 0.6 is 24.0 Å². The topological polar surface area (TPSA) is 79.8 Å². The number of hydrogen-bond donors (Lipinski definition) is 2. The molecule has 1 aliphatic heterocycles. The maximum atomic E-state index is 12.5. The molecule has 0 spiro atoms. The van der Waals surface area contributed by atoms with E-state index in [1.54, 1.807) is 0 Å². The molecule has 0 aromatic heterocycles. The largest absolute Gasteiger partial charge is 0.381 e. The number of aliphatic imine (C=N–C) groups is 1. The Labute approximate surface area is 199 Å². The second kappa shape index (κ2) is 12.2. The third kappa shape index (κ3) is 6.56. The van der Waals surface area contributed by atoms with Gasteiger partial charge in [0.1, 0.15) is 0 Å². The first-order chi connectivity index (χ1) is 13.8. The maximum Gasteiger partial charge on any atom is 0.191 e. The van der Waals surface area contributed by atoms with Crippen LogP contribution in [0.4, 0.5) is 0 Å². The fourth-order valence-electron chi connectivity index (χ4n) is 4.00. The summed E-state index contributed by atoms with van der Waals surface area (Å²) < 4.78 is 29.6. The van der Waals surface area contributed by atoms with E-state index >= 15 is 0 Å².